The summed E-state index contributed by atoms with van der Waals surface area (Å²) in [6.45, 7) is 3.52. The highest BCUT2D eigenvalue weighted by atomic mass is 16.5. The topological polar surface area (TPSA) is 103 Å². The van der Waals surface area contributed by atoms with Gasteiger partial charge in [-0.3, -0.25) is 9.59 Å². The monoisotopic (exact) mass is 363 g/mol. The molecule has 2 aromatic rings. The molecule has 0 aliphatic rings. The molecule has 0 spiro atoms. The Kier molecular flexibility index (Phi) is 6.57. The molecule has 0 aliphatic heterocycles. The summed E-state index contributed by atoms with van der Waals surface area (Å²) in [6, 6.07) is 3.04. The van der Waals surface area contributed by atoms with Crippen LogP contribution in [-0.2, 0) is 11.3 Å². The Hall–Kier alpha value is -2.61. The maximum Gasteiger partial charge on any atom is 0.279 e. The van der Waals surface area contributed by atoms with E-state index in [1.807, 2.05) is 13.8 Å². The average Bonchev–Trinajstić information content (AvgIpc) is 2.66. The lowest BCUT2D eigenvalue weighted by atomic mass is 10.00. The number of fused-ring (bicyclic) bond motifs is 1. The van der Waals surface area contributed by atoms with E-state index in [2.05, 4.69) is 10.4 Å². The quantitative estimate of drug-likeness (QED) is 0.723. The smallest absolute Gasteiger partial charge is 0.279 e. The molecule has 8 nitrogen and oxygen atoms in total. The Morgan fingerprint density at radius 2 is 2.08 bits per heavy atom. The van der Waals surface area contributed by atoms with Gasteiger partial charge in [-0.2, -0.15) is 5.10 Å². The molecular weight excluding hydrogens is 338 g/mol. The van der Waals surface area contributed by atoms with Crippen molar-refractivity contribution in [3.63, 3.8) is 0 Å². The lowest BCUT2D eigenvalue weighted by molar-refractivity contribution is -0.123. The van der Waals surface area contributed by atoms with Crippen LogP contribution in [0.1, 0.15) is 20.3 Å². The number of rotatable bonds is 8. The van der Waals surface area contributed by atoms with Crippen molar-refractivity contribution >= 4 is 16.7 Å². The van der Waals surface area contributed by atoms with E-state index in [9.17, 15) is 14.7 Å². The summed E-state index contributed by atoms with van der Waals surface area (Å²) in [5.41, 5.74) is -0.447. The predicted octanol–water partition coefficient (Wildman–Crippen LogP) is 0.937. The maximum atomic E-state index is 12.8. The molecule has 1 heterocycles. The van der Waals surface area contributed by atoms with Crippen LogP contribution in [0.5, 0.6) is 11.5 Å². The minimum Gasteiger partial charge on any atom is -0.493 e. The minimum atomic E-state index is -0.447. The van der Waals surface area contributed by atoms with E-state index < -0.39 is 5.56 Å². The first-order valence-electron chi connectivity index (χ1n) is 8.47. The number of nitrogens with zero attached hydrogens (tertiary/aromatic N) is 2. The second kappa shape index (κ2) is 8.66. The van der Waals surface area contributed by atoms with Crippen LogP contribution in [0.15, 0.2) is 23.1 Å². The molecule has 0 aliphatic carbocycles. The summed E-state index contributed by atoms with van der Waals surface area (Å²) in [5, 5.41) is 17.1. The highest BCUT2D eigenvalue weighted by Crippen LogP contribution is 2.32. The second-order valence-electron chi connectivity index (χ2n) is 6.11. The van der Waals surface area contributed by atoms with Gasteiger partial charge in [-0.15, -0.1) is 0 Å². The van der Waals surface area contributed by atoms with Crippen molar-refractivity contribution < 1.29 is 19.4 Å². The fraction of sp³-hybridized carbons (Fsp3) is 0.500. The average molecular weight is 363 g/mol. The normalized spacial score (nSPS) is 13.3. The van der Waals surface area contributed by atoms with Crippen LogP contribution < -0.4 is 20.3 Å². The molecule has 1 aromatic heterocycles. The lowest BCUT2D eigenvalue weighted by Gasteiger charge is -2.22. The third kappa shape index (κ3) is 3.96. The number of aliphatic hydroxyl groups excluding tert-OH is 1. The van der Waals surface area contributed by atoms with Gasteiger partial charge < -0.3 is 19.9 Å². The number of ether oxygens (including phenoxy) is 2. The molecular formula is C18H25N3O5. The maximum absolute atomic E-state index is 12.8. The van der Waals surface area contributed by atoms with Crippen LogP contribution in [0.2, 0.25) is 0 Å². The highest BCUT2D eigenvalue weighted by molar-refractivity contribution is 5.89. The molecule has 2 rings (SSSR count). The SMILES string of the molecule is CC[C@H](C)[C@@H](CO)NC(=O)Cn1ncc2ccc(OC)c(OC)c2c1=O. The Morgan fingerprint density at radius 3 is 2.65 bits per heavy atom. The summed E-state index contributed by atoms with van der Waals surface area (Å²) in [6.07, 6.45) is 2.32. The zero-order valence-electron chi connectivity index (χ0n) is 15.5. The largest absolute Gasteiger partial charge is 0.493 e. The van der Waals surface area contributed by atoms with E-state index in [4.69, 9.17) is 9.47 Å². The van der Waals surface area contributed by atoms with Crippen LogP contribution in [0.25, 0.3) is 10.8 Å². The second-order valence-corrected chi connectivity index (χ2v) is 6.11. The van der Waals surface area contributed by atoms with Gasteiger partial charge in [0, 0.05) is 5.39 Å². The molecule has 142 valence electrons. The molecule has 0 saturated carbocycles. The van der Waals surface area contributed by atoms with E-state index in [0.29, 0.717) is 22.3 Å². The van der Waals surface area contributed by atoms with E-state index in [1.165, 1.54) is 20.4 Å². The first kappa shape index (κ1) is 19.7. The van der Waals surface area contributed by atoms with Crippen LogP contribution in [-0.4, -0.2) is 47.7 Å². The molecule has 2 N–H and O–H groups in total. The van der Waals surface area contributed by atoms with Gasteiger partial charge >= 0.3 is 0 Å². The number of benzene rings is 1. The number of methoxy groups -OCH3 is 2. The molecule has 8 heteroatoms. The fourth-order valence-corrected chi connectivity index (χ4v) is 2.74. The Labute approximate surface area is 151 Å². The fourth-order valence-electron chi connectivity index (χ4n) is 2.74. The first-order chi connectivity index (χ1) is 12.5. The molecule has 2 atom stereocenters. The van der Waals surface area contributed by atoms with E-state index >= 15 is 0 Å². The minimum absolute atomic E-state index is 0.120. The van der Waals surface area contributed by atoms with Crippen molar-refractivity contribution in [2.24, 2.45) is 5.92 Å². The van der Waals surface area contributed by atoms with E-state index in [0.717, 1.165) is 11.1 Å². The summed E-state index contributed by atoms with van der Waals surface area (Å²) >= 11 is 0. The van der Waals surface area contributed by atoms with Crippen LogP contribution in [0, 0.1) is 5.92 Å². The third-order valence-corrected chi connectivity index (χ3v) is 4.53. The first-order valence-corrected chi connectivity index (χ1v) is 8.47. The summed E-state index contributed by atoms with van der Waals surface area (Å²) in [5.74, 6) is 0.463. The van der Waals surface area contributed by atoms with Crippen molar-refractivity contribution in [3.05, 3.63) is 28.7 Å². The van der Waals surface area contributed by atoms with Gasteiger partial charge in [0.05, 0.1) is 38.5 Å². The van der Waals surface area contributed by atoms with Gasteiger partial charge in [0.25, 0.3) is 5.56 Å². The summed E-state index contributed by atoms with van der Waals surface area (Å²) in [4.78, 5) is 25.1. The van der Waals surface area contributed by atoms with Gasteiger partial charge in [-0.05, 0) is 18.1 Å². The zero-order chi connectivity index (χ0) is 19.3. The van der Waals surface area contributed by atoms with E-state index in [-0.39, 0.29) is 31.0 Å². The van der Waals surface area contributed by atoms with Crippen LogP contribution >= 0.6 is 0 Å². The number of hydrogen-bond acceptors (Lipinski definition) is 6. The third-order valence-electron chi connectivity index (χ3n) is 4.53. The van der Waals surface area contributed by atoms with Gasteiger partial charge in [0.1, 0.15) is 6.54 Å². The number of amides is 1. The van der Waals surface area contributed by atoms with Gasteiger partial charge in [-0.1, -0.05) is 20.3 Å². The number of carbonyl (C=O) groups is 1. The standard InChI is InChI=1S/C18H25N3O5/c1-5-11(2)13(10-22)20-15(23)9-21-18(24)16-12(8-19-21)6-7-14(25-3)17(16)26-4/h6-8,11,13,22H,5,9-10H2,1-4H3,(H,20,23)/t11-,13+/m0/s1. The van der Waals surface area contributed by atoms with Gasteiger partial charge in [0.2, 0.25) is 5.91 Å². The van der Waals surface area contributed by atoms with Gasteiger partial charge in [0.15, 0.2) is 11.5 Å². The molecule has 26 heavy (non-hydrogen) atoms. The molecule has 0 bridgehead atoms. The molecule has 0 unspecified atom stereocenters. The molecule has 0 radical (unpaired) electrons. The molecule has 0 fully saturated rings. The van der Waals surface area contributed by atoms with Crippen molar-refractivity contribution in [1.29, 1.82) is 0 Å². The number of carbonyl (C=O) groups excluding carboxylic acids is 1. The Balaban J connectivity index is 2.34. The Morgan fingerprint density at radius 1 is 1.35 bits per heavy atom. The lowest BCUT2D eigenvalue weighted by Crippen LogP contribution is -2.44. The molecule has 0 saturated heterocycles. The van der Waals surface area contributed by atoms with Crippen molar-refractivity contribution in [3.8, 4) is 11.5 Å². The van der Waals surface area contributed by atoms with Gasteiger partial charge in [-0.25, -0.2) is 4.68 Å². The summed E-state index contributed by atoms with van der Waals surface area (Å²) < 4.78 is 11.6. The highest BCUT2D eigenvalue weighted by Gasteiger charge is 2.19. The van der Waals surface area contributed by atoms with E-state index in [1.54, 1.807) is 12.1 Å². The van der Waals surface area contributed by atoms with Crippen molar-refractivity contribution in [1.82, 2.24) is 15.1 Å². The van der Waals surface area contributed by atoms with Crippen LogP contribution in [0.4, 0.5) is 0 Å². The molecule has 1 aromatic carbocycles. The number of aromatic nitrogens is 2. The van der Waals surface area contributed by atoms with Crippen molar-refractivity contribution in [2.75, 3.05) is 20.8 Å². The summed E-state index contributed by atoms with van der Waals surface area (Å²) in [7, 11) is 2.94. The predicted molar refractivity (Wildman–Crippen MR) is 97.6 cm³/mol. The van der Waals surface area contributed by atoms with Crippen LogP contribution in [0.3, 0.4) is 0 Å². The number of nitrogens with one attached hydrogen (secondary N) is 1. The Bertz CT molecular complexity index is 833. The zero-order valence-corrected chi connectivity index (χ0v) is 15.5. The van der Waals surface area contributed by atoms with Crippen molar-refractivity contribution in [2.45, 2.75) is 32.9 Å². The number of aliphatic hydroxyl groups is 1. The number of hydrogen-bond donors (Lipinski definition) is 2. The molecule has 1 amide bonds.